The van der Waals surface area contributed by atoms with Crippen LogP contribution in [0.2, 0.25) is 0 Å². The van der Waals surface area contributed by atoms with E-state index in [1.165, 1.54) is 4.70 Å². The van der Waals surface area contributed by atoms with Crippen molar-refractivity contribution in [2.24, 2.45) is 0 Å². The summed E-state index contributed by atoms with van der Waals surface area (Å²) in [5, 5.41) is 4.26. The fraction of sp³-hybridized carbons (Fsp3) is 0.350. The first kappa shape index (κ1) is 17.0. The van der Waals surface area contributed by atoms with E-state index in [-0.39, 0.29) is 11.9 Å². The van der Waals surface area contributed by atoms with Gasteiger partial charge in [-0.15, -0.1) is 0 Å². The number of amides is 1. The number of aromatic nitrogens is 2. The normalized spacial score (nSPS) is 17.4. The maximum Gasteiger partial charge on any atom is 0.220 e. The maximum atomic E-state index is 12.3. The number of piperidine rings is 1. The second kappa shape index (κ2) is 7.83. The van der Waals surface area contributed by atoms with Crippen LogP contribution in [0.15, 0.2) is 48.8 Å². The number of nitrogens with one attached hydrogen (secondary N) is 1. The van der Waals surface area contributed by atoms with Crippen molar-refractivity contribution in [3.8, 4) is 0 Å². The van der Waals surface area contributed by atoms with E-state index in [1.807, 2.05) is 24.3 Å². The first-order valence-corrected chi connectivity index (χ1v) is 9.88. The number of benzene rings is 1. The summed E-state index contributed by atoms with van der Waals surface area (Å²) in [6.07, 6.45) is 6.91. The quantitative estimate of drug-likeness (QED) is 0.752. The number of fused-ring (bicyclic) bond motifs is 1. The van der Waals surface area contributed by atoms with E-state index in [1.54, 1.807) is 23.7 Å². The molecule has 4 rings (SSSR count). The molecule has 3 heterocycles. The number of pyridine rings is 1. The van der Waals surface area contributed by atoms with Gasteiger partial charge < -0.3 is 10.2 Å². The molecule has 1 N–H and O–H groups in total. The summed E-state index contributed by atoms with van der Waals surface area (Å²) in [6.45, 7) is 1.84. The van der Waals surface area contributed by atoms with Crippen molar-refractivity contribution in [3.63, 3.8) is 0 Å². The molecule has 2 aromatic heterocycles. The van der Waals surface area contributed by atoms with Gasteiger partial charge in [-0.3, -0.25) is 9.78 Å². The number of carbonyl (C=O) groups excluding carboxylic acids is 1. The summed E-state index contributed by atoms with van der Waals surface area (Å²) in [4.78, 5) is 23.4. The van der Waals surface area contributed by atoms with Crippen LogP contribution < -0.4 is 10.2 Å². The molecule has 0 saturated carbocycles. The molecule has 0 radical (unpaired) electrons. The van der Waals surface area contributed by atoms with Gasteiger partial charge in [-0.05, 0) is 49.1 Å². The van der Waals surface area contributed by atoms with Crippen LogP contribution in [0, 0.1) is 0 Å². The van der Waals surface area contributed by atoms with Gasteiger partial charge in [-0.2, -0.15) is 0 Å². The first-order chi connectivity index (χ1) is 12.8. The zero-order valence-electron chi connectivity index (χ0n) is 14.6. The highest BCUT2D eigenvalue weighted by molar-refractivity contribution is 7.22. The Kier molecular flexibility index (Phi) is 5.11. The van der Waals surface area contributed by atoms with Gasteiger partial charge >= 0.3 is 0 Å². The molecule has 6 heteroatoms. The van der Waals surface area contributed by atoms with Gasteiger partial charge in [0.15, 0.2) is 5.13 Å². The third-order valence-electron chi connectivity index (χ3n) is 4.73. The smallest absolute Gasteiger partial charge is 0.220 e. The molecule has 1 saturated heterocycles. The maximum absolute atomic E-state index is 12.3. The molecule has 3 aromatic rings. The Morgan fingerprint density at radius 3 is 2.92 bits per heavy atom. The first-order valence-electron chi connectivity index (χ1n) is 9.07. The standard InChI is InChI=1S/C20H22N4OS/c25-19(8-7-15-9-11-21-12-10-15)22-16-4-3-13-24(14-16)20-23-17-5-1-2-6-18(17)26-20/h1-2,5-6,9-12,16H,3-4,7-8,13-14H2,(H,22,25)/t16-/m1/s1. The average Bonchev–Trinajstić information content (AvgIpc) is 3.12. The van der Waals surface area contributed by atoms with Crippen LogP contribution in [0.1, 0.15) is 24.8 Å². The summed E-state index contributed by atoms with van der Waals surface area (Å²) < 4.78 is 1.21. The van der Waals surface area contributed by atoms with Gasteiger partial charge in [0.25, 0.3) is 0 Å². The zero-order chi connectivity index (χ0) is 17.8. The Bertz CT molecular complexity index is 847. The van der Waals surface area contributed by atoms with Crippen molar-refractivity contribution in [3.05, 3.63) is 54.4 Å². The number of nitrogens with zero attached hydrogens (tertiary/aromatic N) is 3. The predicted octanol–water partition coefficient (Wildman–Crippen LogP) is 3.41. The molecule has 1 aromatic carbocycles. The predicted molar refractivity (Wildman–Crippen MR) is 106 cm³/mol. The van der Waals surface area contributed by atoms with E-state index in [2.05, 4.69) is 27.3 Å². The Morgan fingerprint density at radius 1 is 1.23 bits per heavy atom. The van der Waals surface area contributed by atoms with Crippen LogP contribution in [-0.2, 0) is 11.2 Å². The van der Waals surface area contributed by atoms with E-state index in [4.69, 9.17) is 4.98 Å². The molecule has 5 nitrogen and oxygen atoms in total. The lowest BCUT2D eigenvalue weighted by atomic mass is 10.1. The van der Waals surface area contributed by atoms with E-state index < -0.39 is 0 Å². The second-order valence-electron chi connectivity index (χ2n) is 6.67. The minimum Gasteiger partial charge on any atom is -0.352 e. The molecule has 134 valence electrons. The molecule has 1 aliphatic rings. The van der Waals surface area contributed by atoms with Crippen LogP contribution in [0.4, 0.5) is 5.13 Å². The third-order valence-corrected chi connectivity index (χ3v) is 5.83. The van der Waals surface area contributed by atoms with E-state index in [9.17, 15) is 4.79 Å². The molecule has 0 bridgehead atoms. The van der Waals surface area contributed by atoms with Crippen molar-refractivity contribution < 1.29 is 4.79 Å². The molecule has 1 atom stereocenters. The topological polar surface area (TPSA) is 58.1 Å². The molecule has 1 fully saturated rings. The number of thiazole rings is 1. The van der Waals surface area contributed by atoms with Crippen LogP contribution in [0.3, 0.4) is 0 Å². The summed E-state index contributed by atoms with van der Waals surface area (Å²) >= 11 is 1.73. The van der Waals surface area contributed by atoms with Crippen molar-refractivity contribution in [2.75, 3.05) is 18.0 Å². The van der Waals surface area contributed by atoms with E-state index >= 15 is 0 Å². The Hall–Kier alpha value is -2.47. The van der Waals surface area contributed by atoms with Gasteiger partial charge in [0.2, 0.25) is 5.91 Å². The zero-order valence-corrected chi connectivity index (χ0v) is 15.4. The molecular formula is C20H22N4OS. The summed E-state index contributed by atoms with van der Waals surface area (Å²) in [6, 6.07) is 12.3. The van der Waals surface area contributed by atoms with Crippen molar-refractivity contribution in [1.29, 1.82) is 0 Å². The molecule has 26 heavy (non-hydrogen) atoms. The monoisotopic (exact) mass is 366 g/mol. The SMILES string of the molecule is O=C(CCc1ccncc1)N[C@@H]1CCCN(c2nc3ccccc3s2)C1. The fourth-order valence-electron chi connectivity index (χ4n) is 3.37. The summed E-state index contributed by atoms with van der Waals surface area (Å²) in [5.41, 5.74) is 2.20. The molecule has 0 spiro atoms. The number of anilines is 1. The highest BCUT2D eigenvalue weighted by atomic mass is 32.1. The van der Waals surface area contributed by atoms with Crippen LogP contribution >= 0.6 is 11.3 Å². The Labute approximate surface area is 157 Å². The van der Waals surface area contributed by atoms with Gasteiger partial charge in [-0.25, -0.2) is 4.98 Å². The highest BCUT2D eigenvalue weighted by Crippen LogP contribution is 2.30. The van der Waals surface area contributed by atoms with E-state index in [0.717, 1.165) is 48.6 Å². The molecule has 0 aliphatic carbocycles. The van der Waals surface area contributed by atoms with Crippen molar-refractivity contribution in [2.45, 2.75) is 31.7 Å². The number of hydrogen-bond donors (Lipinski definition) is 1. The Balaban J connectivity index is 1.33. The molecule has 1 amide bonds. The number of para-hydroxylation sites is 1. The number of rotatable bonds is 5. The van der Waals surface area contributed by atoms with E-state index in [0.29, 0.717) is 6.42 Å². The average molecular weight is 366 g/mol. The third kappa shape index (κ3) is 4.02. The Morgan fingerprint density at radius 2 is 2.08 bits per heavy atom. The lowest BCUT2D eigenvalue weighted by Gasteiger charge is -2.33. The number of hydrogen-bond acceptors (Lipinski definition) is 5. The highest BCUT2D eigenvalue weighted by Gasteiger charge is 2.23. The van der Waals surface area contributed by atoms with Gasteiger partial charge in [0.1, 0.15) is 0 Å². The number of aryl methyl sites for hydroxylation is 1. The summed E-state index contributed by atoms with van der Waals surface area (Å²) in [5.74, 6) is 0.123. The van der Waals surface area contributed by atoms with Crippen LogP contribution in [0.5, 0.6) is 0 Å². The lowest BCUT2D eigenvalue weighted by molar-refractivity contribution is -0.121. The largest absolute Gasteiger partial charge is 0.352 e. The summed E-state index contributed by atoms with van der Waals surface area (Å²) in [7, 11) is 0. The molecular weight excluding hydrogens is 344 g/mol. The van der Waals surface area contributed by atoms with Gasteiger partial charge in [0, 0.05) is 37.9 Å². The molecule has 1 aliphatic heterocycles. The van der Waals surface area contributed by atoms with Crippen molar-refractivity contribution >= 4 is 32.6 Å². The molecule has 0 unspecified atom stereocenters. The number of carbonyl (C=O) groups is 1. The van der Waals surface area contributed by atoms with Crippen LogP contribution in [0.25, 0.3) is 10.2 Å². The van der Waals surface area contributed by atoms with Gasteiger partial charge in [-0.1, -0.05) is 23.5 Å². The van der Waals surface area contributed by atoms with Crippen molar-refractivity contribution in [1.82, 2.24) is 15.3 Å². The van der Waals surface area contributed by atoms with Crippen LogP contribution in [-0.4, -0.2) is 35.0 Å². The minimum atomic E-state index is 0.123. The minimum absolute atomic E-state index is 0.123. The fourth-order valence-corrected chi connectivity index (χ4v) is 4.37. The second-order valence-corrected chi connectivity index (χ2v) is 7.68. The lowest BCUT2D eigenvalue weighted by Crippen LogP contribution is -2.47. The van der Waals surface area contributed by atoms with Gasteiger partial charge in [0.05, 0.1) is 10.2 Å².